The number of carbonyl (C=O) groups excluding carboxylic acids is 2. The number of Topliss-reactive ketones (excluding diaryl/α,β-unsaturated/α-hetero) is 1. The average Bonchev–Trinajstić information content (AvgIpc) is 2.98. The molecule has 9 unspecified atom stereocenters. The van der Waals surface area contributed by atoms with Gasteiger partial charge < -0.3 is 40.3 Å². The van der Waals surface area contributed by atoms with Crippen LogP contribution in [0.1, 0.15) is 53.0 Å². The summed E-state index contributed by atoms with van der Waals surface area (Å²) in [6.07, 6.45) is -7.52. The van der Waals surface area contributed by atoms with E-state index in [0.717, 1.165) is 5.56 Å². The minimum Gasteiger partial charge on any atom is -0.445 e. The molecule has 5 rings (SSSR count). The van der Waals surface area contributed by atoms with E-state index >= 15 is 0 Å². The summed E-state index contributed by atoms with van der Waals surface area (Å²) in [4.78, 5) is 31.3. The number of benzene rings is 1. The van der Waals surface area contributed by atoms with Gasteiger partial charge in [-0.15, -0.1) is 0 Å². The molecule has 3 fully saturated rings. The van der Waals surface area contributed by atoms with Crippen molar-refractivity contribution in [2.75, 3.05) is 13.2 Å². The average molecular weight is 1070 g/mol. The molecule has 2 saturated carbocycles. The Morgan fingerprint density at radius 1 is 1.13 bits per heavy atom. The Morgan fingerprint density at radius 2 is 1.76 bits per heavy atom. The van der Waals surface area contributed by atoms with Gasteiger partial charge in [-0.25, -0.2) is 9.68 Å². The first-order chi connectivity index (χ1) is 20.6. The van der Waals surface area contributed by atoms with Crippen LogP contribution >= 0.6 is 0 Å². The van der Waals surface area contributed by atoms with Crippen molar-refractivity contribution in [1.29, 1.82) is 0 Å². The molecule has 1 aromatic rings. The van der Waals surface area contributed by atoms with Crippen molar-refractivity contribution in [1.82, 2.24) is 5.32 Å². The summed E-state index contributed by atoms with van der Waals surface area (Å²) in [5, 5.41) is 71.1. The van der Waals surface area contributed by atoms with Crippen LogP contribution in [0.2, 0.25) is 0 Å². The van der Waals surface area contributed by atoms with Crippen LogP contribution in [0.3, 0.4) is 0 Å². The molecule has 250 valence electrons. The van der Waals surface area contributed by atoms with Gasteiger partial charge in [0.1, 0.15) is 30.5 Å². The fourth-order valence-corrected chi connectivity index (χ4v) is 8.91. The van der Waals surface area contributed by atoms with Gasteiger partial charge in [-0.2, -0.15) is 0 Å². The van der Waals surface area contributed by atoms with Crippen molar-refractivity contribution >= 4 is 11.9 Å². The third-order valence-corrected chi connectivity index (χ3v) is 11.5. The SMILES string of the molecule is CC1=C2C(O)C(=O)[C@]3(C)C(O)CC4OCC4(O)C3C(C)C(O)(CC1[C@H](OO)C(O)CNC(=O)OCc1ccccc1)C2(C)C.[Ac].[Ac]. The molecule has 1 aromatic carbocycles. The molecule has 1 heterocycles. The number of aliphatic hydroxyl groups excluding tert-OH is 3. The van der Waals surface area contributed by atoms with Crippen LogP contribution in [-0.2, 0) is 25.8 Å². The second-order valence-corrected chi connectivity index (χ2v) is 13.9. The van der Waals surface area contributed by atoms with Gasteiger partial charge >= 0.3 is 6.09 Å². The number of aliphatic hydroxyl groups is 5. The Kier molecular flexibility index (Phi) is 13.3. The topological polar surface area (TPSA) is 195 Å². The van der Waals surface area contributed by atoms with E-state index in [1.165, 1.54) is 6.92 Å². The number of ketones is 1. The number of ether oxygens (including phenoxy) is 2. The minimum atomic E-state index is -1.77. The molecule has 1 saturated heterocycles. The molecule has 0 spiro atoms. The fraction of sp³-hybridized carbons (Fsp3) is 0.688. The number of carbonyl (C=O) groups is 2. The number of hydrogen-bond donors (Lipinski definition) is 7. The monoisotopic (exact) mass is 1070 g/mol. The van der Waals surface area contributed by atoms with Crippen molar-refractivity contribution in [3.05, 3.63) is 47.0 Å². The smallest absolute Gasteiger partial charge is 0.407 e. The normalized spacial score (nSPS) is 39.1. The van der Waals surface area contributed by atoms with Crippen LogP contribution in [0, 0.1) is 117 Å². The van der Waals surface area contributed by atoms with E-state index in [1.54, 1.807) is 52.0 Å². The summed E-state index contributed by atoms with van der Waals surface area (Å²) in [6, 6.07) is 9.03. The van der Waals surface area contributed by atoms with Crippen molar-refractivity contribution in [2.45, 2.75) is 95.8 Å². The first-order valence-electron chi connectivity index (χ1n) is 15.2. The van der Waals surface area contributed by atoms with E-state index < -0.39 is 82.2 Å². The van der Waals surface area contributed by atoms with Crippen molar-refractivity contribution in [3.8, 4) is 0 Å². The quantitative estimate of drug-likeness (QED) is 0.118. The van der Waals surface area contributed by atoms with Crippen LogP contribution in [0.4, 0.5) is 4.79 Å². The molecule has 1 amide bonds. The molecule has 4 aliphatic rings. The van der Waals surface area contributed by atoms with E-state index in [1.807, 2.05) is 6.07 Å². The molecule has 14 heteroatoms. The van der Waals surface area contributed by atoms with Gasteiger partial charge in [0.25, 0.3) is 0 Å². The predicted octanol–water partition coefficient (Wildman–Crippen LogP) is 1.32. The van der Waals surface area contributed by atoms with Crippen LogP contribution in [0.5, 0.6) is 0 Å². The summed E-state index contributed by atoms with van der Waals surface area (Å²) in [7, 11) is 0. The minimum absolute atomic E-state index is 0. The van der Waals surface area contributed by atoms with Gasteiger partial charge in [-0.1, -0.05) is 56.7 Å². The van der Waals surface area contributed by atoms with Crippen LogP contribution in [0.15, 0.2) is 41.5 Å². The number of nitrogens with one attached hydrogen (secondary N) is 1. The number of hydrogen-bond acceptors (Lipinski definition) is 11. The molecule has 12 nitrogen and oxygen atoms in total. The Labute approximate surface area is 340 Å². The molecule has 0 aromatic heterocycles. The second-order valence-electron chi connectivity index (χ2n) is 13.9. The Bertz CT molecular complexity index is 1310. The van der Waals surface area contributed by atoms with Gasteiger partial charge in [0.15, 0.2) is 5.78 Å². The molecule has 3 aliphatic carbocycles. The third kappa shape index (κ3) is 6.41. The van der Waals surface area contributed by atoms with Crippen LogP contribution < -0.4 is 5.32 Å². The van der Waals surface area contributed by atoms with E-state index in [2.05, 4.69) is 5.32 Å². The summed E-state index contributed by atoms with van der Waals surface area (Å²) in [6.45, 7) is 7.87. The van der Waals surface area contributed by atoms with Crippen LogP contribution in [0.25, 0.3) is 0 Å². The molecule has 2 radical (unpaired) electrons. The van der Waals surface area contributed by atoms with Gasteiger partial charge in [0, 0.05) is 118 Å². The zero-order valence-electron chi connectivity index (χ0n) is 26.9. The Balaban J connectivity index is 0.00000288. The van der Waals surface area contributed by atoms with E-state index in [9.17, 15) is 40.4 Å². The molecular weight excluding hydrogens is 1030 g/mol. The maximum atomic E-state index is 14.2. The van der Waals surface area contributed by atoms with Crippen molar-refractivity contribution in [3.63, 3.8) is 0 Å². The maximum Gasteiger partial charge on any atom is 0.407 e. The summed E-state index contributed by atoms with van der Waals surface area (Å²) in [5.41, 5.74) is -4.69. The number of rotatable bonds is 7. The molecule has 46 heavy (non-hydrogen) atoms. The standard InChI is InChI=1S/C32H45NO11.2Ac/c1-16-19(25(44-41)20(34)13-33-28(38)42-14-18-9-7-6-8-10-18)12-32(40)17(2)26-30(5,21(35)11-22-31(26,39)15-43-22)27(37)24(36)23(16)29(32,3)4;;/h6-10,17,19-22,24-26,34-36,39-41H,11-15H2,1-5H3,(H,33,38);;/t17?,19?,20?,21?,22?,24?,25-,26?,30+,31?,32?;;/m0../s1. The molecule has 7 N–H and O–H groups in total. The van der Waals surface area contributed by atoms with Crippen molar-refractivity contribution < 1.29 is 143 Å². The molecule has 1 aliphatic heterocycles. The van der Waals surface area contributed by atoms with E-state index in [0.29, 0.717) is 5.57 Å². The van der Waals surface area contributed by atoms with E-state index in [-0.39, 0.29) is 126 Å². The number of amides is 1. The first-order valence-corrected chi connectivity index (χ1v) is 15.2. The fourth-order valence-electron chi connectivity index (χ4n) is 8.91. The molecular formula is C32H45Ac2NO11. The Hall–Kier alpha value is 0.463. The van der Waals surface area contributed by atoms with Gasteiger partial charge in [-0.3, -0.25) is 10.1 Å². The van der Waals surface area contributed by atoms with E-state index in [4.69, 9.17) is 14.4 Å². The molecule has 2 bridgehead atoms. The van der Waals surface area contributed by atoms with Gasteiger partial charge in [0.2, 0.25) is 0 Å². The zero-order valence-corrected chi connectivity index (χ0v) is 36.4. The van der Waals surface area contributed by atoms with Crippen molar-refractivity contribution in [2.24, 2.45) is 28.6 Å². The molecule has 11 atom stereocenters. The predicted molar refractivity (Wildman–Crippen MR) is 155 cm³/mol. The van der Waals surface area contributed by atoms with Gasteiger partial charge in [-0.05, 0) is 37.3 Å². The maximum absolute atomic E-state index is 14.2. The van der Waals surface area contributed by atoms with Crippen LogP contribution in [-0.4, -0.2) is 97.5 Å². The largest absolute Gasteiger partial charge is 0.445 e. The number of fused-ring (bicyclic) bond motifs is 5. The van der Waals surface area contributed by atoms with Gasteiger partial charge in [0.05, 0.1) is 29.8 Å². The zero-order chi connectivity index (χ0) is 32.4. The summed E-state index contributed by atoms with van der Waals surface area (Å²) < 4.78 is 10.8. The third-order valence-electron chi connectivity index (χ3n) is 11.5. The summed E-state index contributed by atoms with van der Waals surface area (Å²) in [5.74, 6) is -3.44. The number of alkyl carbamates (subject to hydrolysis) is 1. The second kappa shape index (κ2) is 15.0. The Morgan fingerprint density at radius 3 is 2.33 bits per heavy atom. The first kappa shape index (κ1) is 40.9. The summed E-state index contributed by atoms with van der Waals surface area (Å²) >= 11 is 0.